The molecule has 2 N–H and O–H groups in total. The highest BCUT2D eigenvalue weighted by Gasteiger charge is 2.39. The number of aromatic hydroxyl groups is 1. The van der Waals surface area contributed by atoms with Crippen LogP contribution in [-0.4, -0.2) is 16.1 Å². The van der Waals surface area contributed by atoms with Gasteiger partial charge in [0.1, 0.15) is 0 Å². The van der Waals surface area contributed by atoms with Crippen LogP contribution in [0.3, 0.4) is 0 Å². The van der Waals surface area contributed by atoms with Crippen LogP contribution in [0.2, 0.25) is 0 Å². The number of hydrogen-bond acceptors (Lipinski definition) is 4. The fourth-order valence-electron chi connectivity index (χ4n) is 4.60. The van der Waals surface area contributed by atoms with Gasteiger partial charge in [0, 0.05) is 6.04 Å². The second-order valence-corrected chi connectivity index (χ2v) is 8.00. The third-order valence-corrected chi connectivity index (χ3v) is 6.80. The summed E-state index contributed by atoms with van der Waals surface area (Å²) in [4.78, 5) is 5.53. The Morgan fingerprint density at radius 3 is 2.60 bits per heavy atom. The number of fused-ring (bicyclic) bond motifs is 2. The van der Waals surface area contributed by atoms with Crippen LogP contribution in [0.25, 0.3) is 0 Å². The molecule has 1 aromatic rings. The summed E-state index contributed by atoms with van der Waals surface area (Å²) in [7, 11) is 0. The first kappa shape index (κ1) is 12.9. The van der Waals surface area contributed by atoms with Crippen LogP contribution < -0.4 is 5.32 Å². The molecule has 0 spiro atoms. The Hall–Kier alpha value is -0.770. The smallest absolute Gasteiger partial charge is 0.227 e. The number of thiazole rings is 1. The van der Waals surface area contributed by atoms with Crippen LogP contribution in [0.5, 0.6) is 5.88 Å². The molecule has 3 aliphatic carbocycles. The number of anilines is 1. The summed E-state index contributed by atoms with van der Waals surface area (Å²) in [6.07, 6.45) is 11.9. The van der Waals surface area contributed by atoms with Crippen molar-refractivity contribution in [3.05, 3.63) is 4.88 Å². The van der Waals surface area contributed by atoms with Crippen LogP contribution in [0.1, 0.15) is 68.6 Å². The second kappa shape index (κ2) is 5.21. The highest BCUT2D eigenvalue weighted by molar-refractivity contribution is 7.16. The van der Waals surface area contributed by atoms with Crippen molar-refractivity contribution in [1.82, 2.24) is 4.98 Å². The van der Waals surface area contributed by atoms with Gasteiger partial charge in [-0.3, -0.25) is 0 Å². The molecule has 3 aliphatic rings. The number of rotatable bonds is 3. The van der Waals surface area contributed by atoms with Crippen molar-refractivity contribution in [3.63, 3.8) is 0 Å². The Kier molecular flexibility index (Phi) is 3.37. The summed E-state index contributed by atoms with van der Waals surface area (Å²) in [6.45, 7) is 0. The molecule has 4 heteroatoms. The Balaban J connectivity index is 1.46. The van der Waals surface area contributed by atoms with E-state index in [-0.39, 0.29) is 0 Å². The van der Waals surface area contributed by atoms with E-state index in [0.29, 0.717) is 17.8 Å². The van der Waals surface area contributed by atoms with E-state index < -0.39 is 0 Å². The lowest BCUT2D eigenvalue weighted by Crippen LogP contribution is -2.25. The molecule has 3 saturated carbocycles. The lowest BCUT2D eigenvalue weighted by Gasteiger charge is -2.22. The molecule has 0 saturated heterocycles. The summed E-state index contributed by atoms with van der Waals surface area (Å²) < 4.78 is 0. The van der Waals surface area contributed by atoms with Crippen molar-refractivity contribution in [2.75, 3.05) is 5.32 Å². The maximum atomic E-state index is 10.1. The molecule has 20 heavy (non-hydrogen) atoms. The van der Waals surface area contributed by atoms with Crippen molar-refractivity contribution in [3.8, 4) is 5.88 Å². The molecule has 3 nitrogen and oxygen atoms in total. The van der Waals surface area contributed by atoms with Crippen molar-refractivity contribution in [2.45, 2.75) is 69.7 Å². The normalized spacial score (nSPS) is 33.7. The monoisotopic (exact) mass is 292 g/mol. The van der Waals surface area contributed by atoms with E-state index in [9.17, 15) is 5.11 Å². The van der Waals surface area contributed by atoms with Crippen LogP contribution in [-0.2, 0) is 0 Å². The fourth-order valence-corrected chi connectivity index (χ4v) is 5.69. The van der Waals surface area contributed by atoms with Crippen molar-refractivity contribution < 1.29 is 5.11 Å². The van der Waals surface area contributed by atoms with E-state index in [0.717, 1.165) is 21.8 Å². The van der Waals surface area contributed by atoms with E-state index in [4.69, 9.17) is 0 Å². The number of aromatic nitrogens is 1. The molecule has 1 heterocycles. The van der Waals surface area contributed by atoms with Crippen molar-refractivity contribution in [2.24, 2.45) is 11.8 Å². The minimum absolute atomic E-state index is 0.299. The molecule has 2 bridgehead atoms. The lowest BCUT2D eigenvalue weighted by molar-refractivity contribution is 0.411. The summed E-state index contributed by atoms with van der Waals surface area (Å²) in [5.74, 6) is 2.65. The fraction of sp³-hybridized carbons (Fsp3) is 0.812. The lowest BCUT2D eigenvalue weighted by atomic mass is 9.88. The molecule has 3 atom stereocenters. The summed E-state index contributed by atoms with van der Waals surface area (Å²) in [5, 5.41) is 14.7. The molecule has 0 radical (unpaired) electrons. The average molecular weight is 292 g/mol. The molecule has 0 aliphatic heterocycles. The highest BCUT2D eigenvalue weighted by Crippen LogP contribution is 2.47. The Morgan fingerprint density at radius 2 is 1.90 bits per heavy atom. The maximum absolute atomic E-state index is 10.1. The molecular weight excluding hydrogens is 268 g/mol. The predicted molar refractivity (Wildman–Crippen MR) is 82.5 cm³/mol. The summed E-state index contributed by atoms with van der Waals surface area (Å²) >= 11 is 1.71. The summed E-state index contributed by atoms with van der Waals surface area (Å²) in [6, 6.07) is 0.610. The van der Waals surface area contributed by atoms with E-state index in [2.05, 4.69) is 10.3 Å². The van der Waals surface area contributed by atoms with Crippen LogP contribution in [0.15, 0.2) is 0 Å². The predicted octanol–water partition coefficient (Wildman–Crippen LogP) is 4.50. The number of nitrogens with one attached hydrogen (secondary N) is 1. The van der Waals surface area contributed by atoms with Gasteiger partial charge in [0.25, 0.3) is 0 Å². The topological polar surface area (TPSA) is 45.2 Å². The average Bonchev–Trinajstić information content (AvgIpc) is 3.16. The van der Waals surface area contributed by atoms with Gasteiger partial charge < -0.3 is 10.4 Å². The summed E-state index contributed by atoms with van der Waals surface area (Å²) in [5.41, 5.74) is 0. The van der Waals surface area contributed by atoms with Gasteiger partial charge in [-0.1, -0.05) is 37.0 Å². The minimum Gasteiger partial charge on any atom is -0.492 e. The number of hydrogen-bond donors (Lipinski definition) is 2. The van der Waals surface area contributed by atoms with Crippen molar-refractivity contribution in [1.29, 1.82) is 0 Å². The number of nitrogens with zero attached hydrogens (tertiary/aromatic N) is 1. The second-order valence-electron chi connectivity index (χ2n) is 6.97. The third-order valence-electron chi connectivity index (χ3n) is 5.66. The molecule has 0 unspecified atom stereocenters. The van der Waals surface area contributed by atoms with Gasteiger partial charge in [-0.05, 0) is 49.9 Å². The molecular formula is C16H24N2OS. The van der Waals surface area contributed by atoms with Gasteiger partial charge in [-0.2, -0.15) is 4.98 Å². The van der Waals surface area contributed by atoms with Gasteiger partial charge in [-0.15, -0.1) is 0 Å². The zero-order chi connectivity index (χ0) is 13.5. The standard InChI is InChI=1S/C16H24N2OS/c19-15-14(11-4-2-1-3-5-11)20-16(18-15)17-13-9-10-6-7-12(13)8-10/h10-13,19H,1-9H2,(H,17,18)/t10-,12+,13+/m1/s1. The minimum atomic E-state index is 0.299. The first-order valence-corrected chi connectivity index (χ1v) is 9.07. The molecule has 3 fully saturated rings. The van der Waals surface area contributed by atoms with Gasteiger partial charge in [0.15, 0.2) is 5.13 Å². The first-order chi connectivity index (χ1) is 9.79. The maximum Gasteiger partial charge on any atom is 0.227 e. The van der Waals surface area contributed by atoms with Crippen LogP contribution in [0.4, 0.5) is 5.13 Å². The first-order valence-electron chi connectivity index (χ1n) is 8.26. The molecule has 0 amide bonds. The molecule has 4 rings (SSSR count). The zero-order valence-corrected chi connectivity index (χ0v) is 12.8. The quantitative estimate of drug-likeness (QED) is 0.862. The van der Waals surface area contributed by atoms with Gasteiger partial charge in [0.05, 0.1) is 4.88 Å². The van der Waals surface area contributed by atoms with E-state index in [1.165, 1.54) is 57.8 Å². The van der Waals surface area contributed by atoms with Gasteiger partial charge in [0.2, 0.25) is 5.88 Å². The third kappa shape index (κ3) is 2.32. The zero-order valence-electron chi connectivity index (χ0n) is 12.0. The van der Waals surface area contributed by atoms with Crippen LogP contribution in [0, 0.1) is 11.8 Å². The Morgan fingerprint density at radius 1 is 1.05 bits per heavy atom. The SMILES string of the molecule is Oc1nc(N[C@H]2C[C@@H]3CC[C@H]2C3)sc1C1CCCCC1. The largest absolute Gasteiger partial charge is 0.492 e. The van der Waals surface area contributed by atoms with E-state index in [1.807, 2.05) is 0 Å². The molecule has 110 valence electrons. The Bertz CT molecular complexity index is 481. The molecule has 1 aromatic heterocycles. The molecule has 0 aromatic carbocycles. The van der Waals surface area contributed by atoms with Crippen LogP contribution >= 0.6 is 11.3 Å². The van der Waals surface area contributed by atoms with Crippen molar-refractivity contribution >= 4 is 16.5 Å². The van der Waals surface area contributed by atoms with Gasteiger partial charge in [-0.25, -0.2) is 0 Å². The highest BCUT2D eigenvalue weighted by atomic mass is 32.1. The Labute approximate surface area is 124 Å². The van der Waals surface area contributed by atoms with E-state index >= 15 is 0 Å². The van der Waals surface area contributed by atoms with Gasteiger partial charge >= 0.3 is 0 Å². The van der Waals surface area contributed by atoms with E-state index in [1.54, 1.807) is 11.3 Å².